The molecule has 0 bridgehead atoms. The summed E-state index contributed by atoms with van der Waals surface area (Å²) in [4.78, 5) is 28.0. The molecule has 5 rings (SSSR count). The number of anilines is 1. The molecule has 0 unspecified atom stereocenters. The topological polar surface area (TPSA) is 61.4 Å². The van der Waals surface area contributed by atoms with E-state index in [4.69, 9.17) is 9.97 Å². The molecule has 1 amide bonds. The summed E-state index contributed by atoms with van der Waals surface area (Å²) in [7, 11) is 2.15. The molecule has 4 heterocycles. The molecular formula is C24H29N5OS. The summed E-state index contributed by atoms with van der Waals surface area (Å²) in [6, 6.07) is 14.7. The number of piperidine rings is 2. The van der Waals surface area contributed by atoms with Crippen molar-refractivity contribution >= 4 is 32.7 Å². The lowest BCUT2D eigenvalue weighted by Crippen LogP contribution is -2.47. The largest absolute Gasteiger partial charge is 0.353 e. The van der Waals surface area contributed by atoms with E-state index >= 15 is 0 Å². The number of hydrogen-bond acceptors (Lipinski definition) is 6. The Labute approximate surface area is 187 Å². The van der Waals surface area contributed by atoms with Crippen molar-refractivity contribution in [1.82, 2.24) is 20.2 Å². The smallest absolute Gasteiger partial charge is 0.223 e. The van der Waals surface area contributed by atoms with Gasteiger partial charge in [-0.05, 0) is 58.0 Å². The molecule has 2 aliphatic rings. The van der Waals surface area contributed by atoms with Crippen molar-refractivity contribution in [1.29, 1.82) is 0 Å². The van der Waals surface area contributed by atoms with Crippen LogP contribution >= 0.6 is 11.3 Å². The highest BCUT2D eigenvalue weighted by atomic mass is 32.1. The Morgan fingerprint density at radius 3 is 2.45 bits per heavy atom. The Bertz CT molecular complexity index is 1040. The average molecular weight is 436 g/mol. The molecule has 0 radical (unpaired) electrons. The van der Waals surface area contributed by atoms with Crippen molar-refractivity contribution in [3.63, 3.8) is 0 Å². The second-order valence-electron chi connectivity index (χ2n) is 8.73. The predicted molar refractivity (Wildman–Crippen MR) is 126 cm³/mol. The van der Waals surface area contributed by atoms with Crippen LogP contribution in [0.2, 0.25) is 0 Å². The first-order chi connectivity index (χ1) is 15.2. The number of nitrogens with zero attached hydrogens (tertiary/aromatic N) is 4. The number of thiazole rings is 1. The molecule has 2 aliphatic heterocycles. The standard InChI is InChI=1S/C24H29N5OS/c1-28-13-11-19(12-14-28)25-22(30)18-9-15-29(16-10-18)24-27-21-8-7-20(26-23(21)31-24)17-5-3-2-4-6-17/h2-8,18-19H,9-16H2,1H3,(H,25,30). The fourth-order valence-corrected chi connectivity index (χ4v) is 5.51. The number of benzene rings is 1. The lowest BCUT2D eigenvalue weighted by molar-refractivity contribution is -0.126. The average Bonchev–Trinajstić information content (AvgIpc) is 3.25. The molecule has 0 spiro atoms. The molecule has 2 aromatic heterocycles. The Morgan fingerprint density at radius 2 is 1.71 bits per heavy atom. The monoisotopic (exact) mass is 435 g/mol. The van der Waals surface area contributed by atoms with E-state index in [0.29, 0.717) is 6.04 Å². The number of pyridine rings is 1. The van der Waals surface area contributed by atoms with Crippen molar-refractivity contribution in [2.24, 2.45) is 5.92 Å². The Kier molecular flexibility index (Phi) is 5.87. The first-order valence-corrected chi connectivity index (χ1v) is 12.0. The molecule has 0 saturated carbocycles. The highest BCUT2D eigenvalue weighted by Crippen LogP contribution is 2.32. The number of nitrogens with one attached hydrogen (secondary N) is 1. The van der Waals surface area contributed by atoms with Crippen molar-refractivity contribution in [2.75, 3.05) is 38.1 Å². The van der Waals surface area contributed by atoms with E-state index in [9.17, 15) is 4.79 Å². The van der Waals surface area contributed by atoms with Gasteiger partial charge in [-0.3, -0.25) is 4.79 Å². The number of rotatable bonds is 4. The van der Waals surface area contributed by atoms with Gasteiger partial charge >= 0.3 is 0 Å². The lowest BCUT2D eigenvalue weighted by Gasteiger charge is -2.33. The highest BCUT2D eigenvalue weighted by molar-refractivity contribution is 7.21. The second-order valence-corrected chi connectivity index (χ2v) is 9.69. The molecule has 31 heavy (non-hydrogen) atoms. The van der Waals surface area contributed by atoms with Crippen LogP contribution in [0.3, 0.4) is 0 Å². The van der Waals surface area contributed by atoms with E-state index in [1.165, 1.54) is 0 Å². The molecule has 1 aromatic carbocycles. The van der Waals surface area contributed by atoms with E-state index in [0.717, 1.165) is 78.6 Å². The van der Waals surface area contributed by atoms with Crippen LogP contribution in [0.1, 0.15) is 25.7 Å². The Balaban J connectivity index is 1.21. The zero-order chi connectivity index (χ0) is 21.2. The molecule has 2 fully saturated rings. The van der Waals surface area contributed by atoms with Crippen LogP contribution in [-0.2, 0) is 4.79 Å². The number of fused-ring (bicyclic) bond motifs is 1. The first kappa shape index (κ1) is 20.4. The minimum atomic E-state index is 0.119. The Hall–Kier alpha value is -2.51. The lowest BCUT2D eigenvalue weighted by atomic mass is 9.95. The normalized spacial score (nSPS) is 19.1. The van der Waals surface area contributed by atoms with Crippen molar-refractivity contribution in [2.45, 2.75) is 31.7 Å². The van der Waals surface area contributed by atoms with Gasteiger partial charge in [-0.2, -0.15) is 0 Å². The van der Waals surface area contributed by atoms with Gasteiger partial charge in [0.25, 0.3) is 0 Å². The fraction of sp³-hybridized carbons (Fsp3) is 0.458. The maximum Gasteiger partial charge on any atom is 0.223 e. The second kappa shape index (κ2) is 8.93. The fourth-order valence-electron chi connectivity index (χ4n) is 4.52. The van der Waals surface area contributed by atoms with Crippen LogP contribution in [0.5, 0.6) is 0 Å². The third-order valence-electron chi connectivity index (χ3n) is 6.52. The molecule has 7 heteroatoms. The first-order valence-electron chi connectivity index (χ1n) is 11.2. The van der Waals surface area contributed by atoms with Gasteiger partial charge in [0.1, 0.15) is 10.3 Å². The SMILES string of the molecule is CN1CCC(NC(=O)C2CCN(c3nc4ccc(-c5ccccc5)nc4s3)CC2)CC1. The van der Waals surface area contributed by atoms with Gasteiger partial charge in [0.05, 0.1) is 5.69 Å². The molecule has 1 N–H and O–H groups in total. The van der Waals surface area contributed by atoms with Gasteiger partial charge in [0, 0.05) is 30.6 Å². The highest BCUT2D eigenvalue weighted by Gasteiger charge is 2.28. The quantitative estimate of drug-likeness (QED) is 0.676. The van der Waals surface area contributed by atoms with Gasteiger partial charge in [-0.15, -0.1) is 0 Å². The maximum atomic E-state index is 12.7. The number of hydrogen-bond donors (Lipinski definition) is 1. The maximum absolute atomic E-state index is 12.7. The van der Waals surface area contributed by atoms with E-state index in [1.807, 2.05) is 24.3 Å². The molecule has 2 saturated heterocycles. The van der Waals surface area contributed by atoms with Crippen molar-refractivity contribution in [3.05, 3.63) is 42.5 Å². The van der Waals surface area contributed by atoms with E-state index in [1.54, 1.807) is 11.3 Å². The van der Waals surface area contributed by atoms with Crippen molar-refractivity contribution < 1.29 is 4.79 Å². The number of amides is 1. The predicted octanol–water partition coefficient (Wildman–Crippen LogP) is 3.79. The van der Waals surface area contributed by atoms with Gasteiger partial charge in [0.15, 0.2) is 5.13 Å². The molecule has 0 aliphatic carbocycles. The van der Waals surface area contributed by atoms with E-state index in [-0.39, 0.29) is 11.8 Å². The zero-order valence-electron chi connectivity index (χ0n) is 18.0. The minimum absolute atomic E-state index is 0.119. The van der Waals surface area contributed by atoms with Crippen LogP contribution in [0, 0.1) is 5.92 Å². The molecule has 6 nitrogen and oxygen atoms in total. The number of likely N-dealkylation sites (tertiary alicyclic amines) is 1. The third-order valence-corrected chi connectivity index (χ3v) is 7.54. The van der Waals surface area contributed by atoms with Crippen LogP contribution < -0.4 is 10.2 Å². The number of carbonyl (C=O) groups is 1. The summed E-state index contributed by atoms with van der Waals surface area (Å²) in [5, 5.41) is 4.32. The molecular weight excluding hydrogens is 406 g/mol. The molecule has 162 valence electrons. The number of carbonyl (C=O) groups excluding carboxylic acids is 1. The zero-order valence-corrected chi connectivity index (χ0v) is 18.8. The van der Waals surface area contributed by atoms with Crippen LogP contribution in [0.15, 0.2) is 42.5 Å². The summed E-state index contributed by atoms with van der Waals surface area (Å²) < 4.78 is 0. The summed E-state index contributed by atoms with van der Waals surface area (Å²) in [6.07, 6.45) is 3.89. The minimum Gasteiger partial charge on any atom is -0.353 e. The van der Waals surface area contributed by atoms with Gasteiger partial charge in [-0.1, -0.05) is 41.7 Å². The summed E-state index contributed by atoms with van der Waals surface area (Å²) in [5.41, 5.74) is 3.05. The Morgan fingerprint density at radius 1 is 0.968 bits per heavy atom. The van der Waals surface area contributed by atoms with E-state index in [2.05, 4.69) is 40.4 Å². The third kappa shape index (κ3) is 4.57. The van der Waals surface area contributed by atoms with Crippen molar-refractivity contribution in [3.8, 4) is 11.3 Å². The summed E-state index contributed by atoms with van der Waals surface area (Å²) in [6.45, 7) is 3.88. The summed E-state index contributed by atoms with van der Waals surface area (Å²) >= 11 is 1.65. The van der Waals surface area contributed by atoms with Crippen LogP contribution in [0.25, 0.3) is 21.6 Å². The summed E-state index contributed by atoms with van der Waals surface area (Å²) in [5.74, 6) is 0.362. The van der Waals surface area contributed by atoms with Gasteiger partial charge in [0.2, 0.25) is 5.91 Å². The van der Waals surface area contributed by atoms with Gasteiger partial charge < -0.3 is 15.1 Å². The molecule has 0 atom stereocenters. The van der Waals surface area contributed by atoms with Crippen LogP contribution in [0.4, 0.5) is 5.13 Å². The molecule has 3 aromatic rings. The number of aromatic nitrogens is 2. The van der Waals surface area contributed by atoms with E-state index < -0.39 is 0 Å². The van der Waals surface area contributed by atoms with Crippen LogP contribution in [-0.4, -0.2) is 60.0 Å². The van der Waals surface area contributed by atoms with Gasteiger partial charge in [-0.25, -0.2) is 9.97 Å².